The van der Waals surface area contributed by atoms with Crippen LogP contribution in [0.5, 0.6) is 0 Å². The summed E-state index contributed by atoms with van der Waals surface area (Å²) in [5.74, 6) is -1.39. The summed E-state index contributed by atoms with van der Waals surface area (Å²) >= 11 is 0. The fourth-order valence-electron chi connectivity index (χ4n) is 0.345. The normalized spacial score (nSPS) is 12.3. The van der Waals surface area contributed by atoms with E-state index in [0.717, 1.165) is 6.08 Å². The van der Waals surface area contributed by atoms with E-state index in [9.17, 15) is 4.79 Å². The molecule has 0 saturated heterocycles. The Morgan fingerprint density at radius 1 is 1.44 bits per heavy atom. The van der Waals surface area contributed by atoms with Crippen molar-refractivity contribution in [3.8, 4) is 0 Å². The van der Waals surface area contributed by atoms with Crippen LogP contribution in [0.25, 0.3) is 0 Å². The molecule has 0 aliphatic rings. The lowest BCUT2D eigenvalue weighted by molar-refractivity contribution is -0.131. The molecule has 0 aromatic heterocycles. The first-order chi connectivity index (χ1) is 4.16. The molecule has 0 heterocycles. The Bertz CT molecular complexity index is 156. The van der Waals surface area contributed by atoms with Crippen molar-refractivity contribution in [2.75, 3.05) is 0 Å². The minimum atomic E-state index is -1.15. The Balaban J connectivity index is 4.00. The van der Waals surface area contributed by atoms with Crippen LogP contribution in [0.2, 0.25) is 0 Å². The van der Waals surface area contributed by atoms with E-state index in [-0.39, 0.29) is 5.76 Å². The van der Waals surface area contributed by atoms with Crippen LogP contribution in [0, 0.1) is 0 Å². The lowest BCUT2D eigenvalue weighted by Gasteiger charge is -1.84. The van der Waals surface area contributed by atoms with E-state index in [1.54, 1.807) is 13.0 Å². The van der Waals surface area contributed by atoms with Crippen molar-refractivity contribution < 1.29 is 15.0 Å². The lowest BCUT2D eigenvalue weighted by Crippen LogP contribution is -1.89. The summed E-state index contributed by atoms with van der Waals surface area (Å²) in [4.78, 5) is 9.81. The van der Waals surface area contributed by atoms with E-state index in [1.165, 1.54) is 6.08 Å². The van der Waals surface area contributed by atoms with Gasteiger partial charge in [0, 0.05) is 0 Å². The maximum atomic E-state index is 9.81. The minimum Gasteiger partial charge on any atom is -0.508 e. The van der Waals surface area contributed by atoms with Crippen molar-refractivity contribution in [3.05, 3.63) is 24.0 Å². The molecule has 3 nitrogen and oxygen atoms in total. The third-order valence-corrected chi connectivity index (χ3v) is 0.609. The number of carboxylic acid groups (broad SMARTS) is 1. The van der Waals surface area contributed by atoms with Crippen LogP contribution in [0.4, 0.5) is 0 Å². The van der Waals surface area contributed by atoms with Gasteiger partial charge in [0.1, 0.15) is 5.76 Å². The summed E-state index contributed by atoms with van der Waals surface area (Å²) < 4.78 is 0. The highest BCUT2D eigenvalue weighted by Gasteiger charge is 1.89. The monoisotopic (exact) mass is 128 g/mol. The Morgan fingerprint density at radius 3 is 2.33 bits per heavy atom. The van der Waals surface area contributed by atoms with Crippen LogP contribution in [-0.2, 0) is 4.79 Å². The van der Waals surface area contributed by atoms with Gasteiger partial charge >= 0.3 is 5.97 Å². The molecule has 9 heavy (non-hydrogen) atoms. The van der Waals surface area contributed by atoms with Gasteiger partial charge in [0.2, 0.25) is 0 Å². The van der Waals surface area contributed by atoms with Gasteiger partial charge < -0.3 is 10.2 Å². The molecule has 0 aromatic carbocycles. The van der Waals surface area contributed by atoms with Crippen molar-refractivity contribution in [2.45, 2.75) is 6.92 Å². The van der Waals surface area contributed by atoms with E-state index >= 15 is 0 Å². The third-order valence-electron chi connectivity index (χ3n) is 0.609. The van der Waals surface area contributed by atoms with Crippen LogP contribution in [-0.4, -0.2) is 16.2 Å². The van der Waals surface area contributed by atoms with Gasteiger partial charge in [-0.1, -0.05) is 6.08 Å². The topological polar surface area (TPSA) is 57.5 Å². The molecule has 0 amide bonds. The van der Waals surface area contributed by atoms with E-state index in [0.29, 0.717) is 0 Å². The summed E-state index contributed by atoms with van der Waals surface area (Å²) in [6, 6.07) is 0. The second kappa shape index (κ2) is 3.72. The highest BCUT2D eigenvalue weighted by atomic mass is 16.4. The maximum absolute atomic E-state index is 9.81. The molecular formula is C6H8O3. The number of hydrogen-bond donors (Lipinski definition) is 2. The van der Waals surface area contributed by atoms with Gasteiger partial charge in [0.25, 0.3) is 0 Å². The molecule has 0 aliphatic heterocycles. The third kappa shape index (κ3) is 4.61. The molecule has 0 fully saturated rings. The quantitative estimate of drug-likeness (QED) is 0.332. The predicted molar refractivity (Wildman–Crippen MR) is 33.2 cm³/mol. The highest BCUT2D eigenvalue weighted by Crippen LogP contribution is 1.88. The number of carbonyl (C=O) groups is 1. The first kappa shape index (κ1) is 7.75. The number of hydrogen-bond acceptors (Lipinski definition) is 2. The zero-order chi connectivity index (χ0) is 7.28. The van der Waals surface area contributed by atoms with Crippen molar-refractivity contribution in [3.63, 3.8) is 0 Å². The van der Waals surface area contributed by atoms with Gasteiger partial charge in [-0.05, 0) is 13.0 Å². The Morgan fingerprint density at radius 2 is 2.00 bits per heavy atom. The van der Waals surface area contributed by atoms with Gasteiger partial charge in [-0.25, -0.2) is 4.79 Å². The van der Waals surface area contributed by atoms with E-state index in [4.69, 9.17) is 10.2 Å². The molecular weight excluding hydrogens is 120 g/mol. The molecule has 0 rings (SSSR count). The van der Waals surface area contributed by atoms with Gasteiger partial charge in [0.05, 0.1) is 6.08 Å². The minimum absolute atomic E-state index is 0.245. The molecule has 3 heteroatoms. The van der Waals surface area contributed by atoms with Crippen LogP contribution in [0.15, 0.2) is 24.0 Å². The van der Waals surface area contributed by atoms with Gasteiger partial charge in [-0.3, -0.25) is 0 Å². The first-order valence-corrected chi connectivity index (χ1v) is 2.43. The number of aliphatic carboxylic acids is 1. The molecule has 0 aliphatic carbocycles. The molecule has 0 atom stereocenters. The summed E-state index contributed by atoms with van der Waals surface area (Å²) in [6.45, 7) is 1.69. The molecule has 0 unspecified atom stereocenters. The smallest absolute Gasteiger partial charge is 0.332 e. The number of allylic oxidation sites excluding steroid dienone is 2. The van der Waals surface area contributed by atoms with Gasteiger partial charge in [-0.2, -0.15) is 0 Å². The van der Waals surface area contributed by atoms with E-state index in [2.05, 4.69) is 0 Å². The number of aliphatic hydroxyl groups excluding tert-OH is 1. The average molecular weight is 128 g/mol. The predicted octanol–water partition coefficient (Wildman–Crippen LogP) is 1.09. The van der Waals surface area contributed by atoms with E-state index in [1.807, 2.05) is 0 Å². The molecule has 0 bridgehead atoms. The summed E-state index contributed by atoms with van der Waals surface area (Å²) in [5.41, 5.74) is 0. The zero-order valence-electron chi connectivity index (χ0n) is 5.03. The summed E-state index contributed by atoms with van der Waals surface area (Å²) in [7, 11) is 0. The van der Waals surface area contributed by atoms with Crippen LogP contribution >= 0.6 is 0 Å². The lowest BCUT2D eigenvalue weighted by atomic mass is 10.4. The molecule has 0 spiro atoms. The fraction of sp³-hybridized carbons (Fsp3) is 0.167. The highest BCUT2D eigenvalue weighted by molar-refractivity contribution is 5.80. The summed E-state index contributed by atoms with van der Waals surface area (Å²) in [6.07, 6.45) is 3.57. The largest absolute Gasteiger partial charge is 0.508 e. The van der Waals surface area contributed by atoms with Crippen molar-refractivity contribution in [1.29, 1.82) is 0 Å². The van der Waals surface area contributed by atoms with Gasteiger partial charge in [-0.15, -0.1) is 0 Å². The van der Waals surface area contributed by atoms with Crippen LogP contribution in [0.1, 0.15) is 6.92 Å². The van der Waals surface area contributed by atoms with Gasteiger partial charge in [0.15, 0.2) is 0 Å². The standard InChI is InChI=1S/C6H8O3/c1-2-3-5(7)4-6(8)9/h2-4,7H,1H3,(H,8,9)/b3-2+,5-4+. The van der Waals surface area contributed by atoms with Crippen LogP contribution in [0.3, 0.4) is 0 Å². The second-order valence-electron chi connectivity index (χ2n) is 1.41. The maximum Gasteiger partial charge on any atom is 0.332 e. The SMILES string of the molecule is C/C=C/C(O)=C\C(=O)O. The van der Waals surface area contributed by atoms with Crippen molar-refractivity contribution in [2.24, 2.45) is 0 Å². The average Bonchev–Trinajstić information content (AvgIpc) is 1.63. The van der Waals surface area contributed by atoms with Crippen LogP contribution < -0.4 is 0 Å². The second-order valence-corrected chi connectivity index (χ2v) is 1.41. The number of aliphatic hydroxyl groups is 1. The zero-order valence-corrected chi connectivity index (χ0v) is 5.03. The van der Waals surface area contributed by atoms with Crippen molar-refractivity contribution in [1.82, 2.24) is 0 Å². The molecule has 2 N–H and O–H groups in total. The first-order valence-electron chi connectivity index (χ1n) is 2.43. The summed E-state index contributed by atoms with van der Waals surface area (Å²) in [5, 5.41) is 16.7. The van der Waals surface area contributed by atoms with Crippen molar-refractivity contribution >= 4 is 5.97 Å². The molecule has 0 aromatic rings. The number of carboxylic acids is 1. The fourth-order valence-corrected chi connectivity index (χ4v) is 0.345. The van der Waals surface area contributed by atoms with E-state index < -0.39 is 5.97 Å². The Hall–Kier alpha value is -1.25. The molecule has 0 radical (unpaired) electrons. The molecule has 0 saturated carbocycles. The number of rotatable bonds is 2. The Labute approximate surface area is 52.9 Å². The molecule has 50 valence electrons. The Kier molecular flexibility index (Phi) is 3.20.